The summed E-state index contributed by atoms with van der Waals surface area (Å²) in [5.41, 5.74) is -0.343. The molecule has 0 atom stereocenters. The fourth-order valence-corrected chi connectivity index (χ4v) is 2.77. The van der Waals surface area contributed by atoms with Gasteiger partial charge in [0.25, 0.3) is 0 Å². The van der Waals surface area contributed by atoms with E-state index in [0.29, 0.717) is 0 Å². The van der Waals surface area contributed by atoms with Crippen molar-refractivity contribution in [1.82, 2.24) is 14.9 Å². The lowest BCUT2D eigenvalue weighted by atomic mass is 10.4. The molecule has 0 radical (unpaired) electrons. The fraction of sp³-hybridized carbons (Fsp3) is 0.600. The lowest BCUT2D eigenvalue weighted by molar-refractivity contribution is 0.0686. The molecule has 0 spiro atoms. The number of aryl methyl sites for hydroxylation is 1. The molecular weight excluding hydrogens is 274 g/mol. The second-order valence-electron chi connectivity index (χ2n) is 4.15. The molecule has 0 aliphatic carbocycles. The van der Waals surface area contributed by atoms with Gasteiger partial charge < -0.3 is 9.84 Å². The second kappa shape index (κ2) is 6.13. The van der Waals surface area contributed by atoms with Crippen molar-refractivity contribution >= 4 is 16.0 Å². The Balaban J connectivity index is 2.83. The highest BCUT2D eigenvalue weighted by Gasteiger charge is 2.27. The van der Waals surface area contributed by atoms with E-state index < -0.39 is 21.7 Å². The summed E-state index contributed by atoms with van der Waals surface area (Å²) in [5, 5.41) is 14.7. The molecule has 0 amide bonds. The summed E-state index contributed by atoms with van der Waals surface area (Å²) in [6.07, 6.45) is -0.00486. The van der Waals surface area contributed by atoms with Crippen LogP contribution in [-0.2, 0) is 14.8 Å². The van der Waals surface area contributed by atoms with Gasteiger partial charge in [-0.1, -0.05) is 0 Å². The molecular formula is C10H17N3O5S. The van der Waals surface area contributed by atoms with E-state index in [1.165, 1.54) is 6.92 Å². The van der Waals surface area contributed by atoms with Crippen molar-refractivity contribution in [3.8, 4) is 0 Å². The van der Waals surface area contributed by atoms with Crippen LogP contribution in [0.2, 0.25) is 0 Å². The Morgan fingerprint density at radius 1 is 1.53 bits per heavy atom. The molecule has 0 aromatic carbocycles. The first-order valence-electron chi connectivity index (χ1n) is 5.65. The SMILES string of the molecule is Cc1[nH]nc(C(=O)O)c1S(=O)(=O)NCCOC(C)C. The summed E-state index contributed by atoms with van der Waals surface area (Å²) in [6.45, 7) is 5.37. The third-order valence-corrected chi connectivity index (χ3v) is 3.83. The maximum Gasteiger partial charge on any atom is 0.357 e. The number of H-pyrrole nitrogens is 1. The quantitative estimate of drug-likeness (QED) is 0.613. The lowest BCUT2D eigenvalue weighted by Crippen LogP contribution is -2.29. The molecule has 1 aromatic rings. The first-order chi connectivity index (χ1) is 8.75. The minimum Gasteiger partial charge on any atom is -0.476 e. The molecule has 1 rings (SSSR count). The molecule has 0 bridgehead atoms. The first-order valence-corrected chi connectivity index (χ1v) is 7.13. The molecule has 0 aliphatic rings. The number of nitrogens with zero attached hydrogens (tertiary/aromatic N) is 1. The van der Waals surface area contributed by atoms with Crippen LogP contribution in [0.3, 0.4) is 0 Å². The zero-order valence-corrected chi connectivity index (χ0v) is 11.7. The van der Waals surface area contributed by atoms with Crippen molar-refractivity contribution in [1.29, 1.82) is 0 Å². The van der Waals surface area contributed by atoms with Crippen LogP contribution in [0, 0.1) is 6.92 Å². The number of hydrogen-bond acceptors (Lipinski definition) is 5. The molecule has 8 nitrogen and oxygen atoms in total. The molecule has 0 unspecified atom stereocenters. The van der Waals surface area contributed by atoms with Gasteiger partial charge in [-0.2, -0.15) is 5.10 Å². The Kier molecular flexibility index (Phi) is 5.04. The average Bonchev–Trinajstić information content (AvgIpc) is 2.67. The normalized spacial score (nSPS) is 12.0. The monoisotopic (exact) mass is 291 g/mol. The van der Waals surface area contributed by atoms with Crippen molar-refractivity contribution in [3.05, 3.63) is 11.4 Å². The van der Waals surface area contributed by atoms with E-state index in [2.05, 4.69) is 14.9 Å². The first kappa shape index (κ1) is 15.6. The number of hydrogen-bond donors (Lipinski definition) is 3. The minimum absolute atomic E-state index is 0.00486. The summed E-state index contributed by atoms with van der Waals surface area (Å²) < 4.78 is 31.5. The number of carboxylic acids is 1. The van der Waals surface area contributed by atoms with Gasteiger partial charge in [0, 0.05) is 6.54 Å². The van der Waals surface area contributed by atoms with Gasteiger partial charge in [-0.15, -0.1) is 0 Å². The predicted octanol–water partition coefficient (Wildman–Crippen LogP) is 0.120. The van der Waals surface area contributed by atoms with E-state index in [4.69, 9.17) is 9.84 Å². The van der Waals surface area contributed by atoms with E-state index >= 15 is 0 Å². The number of aromatic nitrogens is 2. The molecule has 0 aliphatic heterocycles. The van der Waals surface area contributed by atoms with Gasteiger partial charge in [-0.3, -0.25) is 5.10 Å². The number of ether oxygens (including phenoxy) is 1. The molecule has 19 heavy (non-hydrogen) atoms. The maximum atomic E-state index is 12.0. The smallest absolute Gasteiger partial charge is 0.357 e. The van der Waals surface area contributed by atoms with E-state index in [1.54, 1.807) is 0 Å². The van der Waals surface area contributed by atoms with Crippen LogP contribution in [0.4, 0.5) is 0 Å². The van der Waals surface area contributed by atoms with Gasteiger partial charge in [0.15, 0.2) is 5.69 Å². The molecule has 0 saturated heterocycles. The van der Waals surface area contributed by atoms with Crippen LogP contribution >= 0.6 is 0 Å². The maximum absolute atomic E-state index is 12.0. The van der Waals surface area contributed by atoms with Crippen LogP contribution in [0.5, 0.6) is 0 Å². The number of aromatic carboxylic acids is 1. The molecule has 108 valence electrons. The largest absolute Gasteiger partial charge is 0.476 e. The molecule has 9 heteroatoms. The van der Waals surface area contributed by atoms with Crippen molar-refractivity contribution in [2.45, 2.75) is 31.8 Å². The van der Waals surface area contributed by atoms with Crippen molar-refractivity contribution in [2.24, 2.45) is 0 Å². The number of carbonyl (C=O) groups is 1. The second-order valence-corrected chi connectivity index (χ2v) is 5.85. The third-order valence-electron chi connectivity index (χ3n) is 2.21. The summed E-state index contributed by atoms with van der Waals surface area (Å²) in [5.74, 6) is -1.40. The van der Waals surface area contributed by atoms with E-state index in [-0.39, 0.29) is 29.8 Å². The molecule has 1 heterocycles. The molecule has 3 N–H and O–H groups in total. The Hall–Kier alpha value is -1.45. The zero-order chi connectivity index (χ0) is 14.6. The van der Waals surface area contributed by atoms with Crippen LogP contribution in [-0.4, -0.2) is 48.9 Å². The highest BCUT2D eigenvalue weighted by atomic mass is 32.2. The van der Waals surface area contributed by atoms with Gasteiger partial charge in [-0.05, 0) is 20.8 Å². The Morgan fingerprint density at radius 2 is 2.16 bits per heavy atom. The standard InChI is InChI=1S/C10H17N3O5S/c1-6(2)18-5-4-11-19(16,17)9-7(3)12-13-8(9)10(14)15/h6,11H,4-5H2,1-3H3,(H,12,13)(H,14,15). The molecule has 1 aromatic heterocycles. The highest BCUT2D eigenvalue weighted by Crippen LogP contribution is 2.17. The number of carboxylic acid groups (broad SMARTS) is 1. The van der Waals surface area contributed by atoms with Gasteiger partial charge in [0.1, 0.15) is 4.90 Å². The van der Waals surface area contributed by atoms with Gasteiger partial charge >= 0.3 is 5.97 Å². The fourth-order valence-electron chi connectivity index (χ4n) is 1.44. The third kappa shape index (κ3) is 4.01. The summed E-state index contributed by atoms with van der Waals surface area (Å²) in [6, 6.07) is 0. The lowest BCUT2D eigenvalue weighted by Gasteiger charge is -2.09. The van der Waals surface area contributed by atoms with E-state index in [9.17, 15) is 13.2 Å². The highest BCUT2D eigenvalue weighted by molar-refractivity contribution is 7.89. The Bertz CT molecular complexity index is 550. The van der Waals surface area contributed by atoms with Crippen LogP contribution in [0.25, 0.3) is 0 Å². The van der Waals surface area contributed by atoms with Crippen LogP contribution in [0.1, 0.15) is 30.0 Å². The van der Waals surface area contributed by atoms with Crippen molar-refractivity contribution < 1.29 is 23.1 Å². The number of aromatic amines is 1. The van der Waals surface area contributed by atoms with Gasteiger partial charge in [-0.25, -0.2) is 17.9 Å². The predicted molar refractivity (Wildman–Crippen MR) is 66.6 cm³/mol. The van der Waals surface area contributed by atoms with Crippen LogP contribution < -0.4 is 4.72 Å². The van der Waals surface area contributed by atoms with E-state index in [1.807, 2.05) is 13.8 Å². The molecule has 0 saturated carbocycles. The van der Waals surface area contributed by atoms with Gasteiger partial charge in [0.2, 0.25) is 10.0 Å². The Morgan fingerprint density at radius 3 is 2.68 bits per heavy atom. The number of sulfonamides is 1. The Labute approximate surface area is 111 Å². The van der Waals surface area contributed by atoms with Crippen LogP contribution in [0.15, 0.2) is 4.90 Å². The zero-order valence-electron chi connectivity index (χ0n) is 10.9. The topological polar surface area (TPSA) is 121 Å². The summed E-state index contributed by atoms with van der Waals surface area (Å²) >= 11 is 0. The van der Waals surface area contributed by atoms with Crippen molar-refractivity contribution in [2.75, 3.05) is 13.2 Å². The van der Waals surface area contributed by atoms with E-state index in [0.717, 1.165) is 0 Å². The minimum atomic E-state index is -3.93. The summed E-state index contributed by atoms with van der Waals surface area (Å²) in [4.78, 5) is 10.6. The summed E-state index contributed by atoms with van der Waals surface area (Å²) in [7, 11) is -3.93. The number of rotatable bonds is 7. The number of nitrogens with one attached hydrogen (secondary N) is 2. The van der Waals surface area contributed by atoms with Gasteiger partial charge in [0.05, 0.1) is 18.4 Å². The molecule has 0 fully saturated rings. The average molecular weight is 291 g/mol. The van der Waals surface area contributed by atoms with Crippen molar-refractivity contribution in [3.63, 3.8) is 0 Å².